The van der Waals surface area contributed by atoms with Gasteiger partial charge < -0.3 is 14.5 Å². The maximum Gasteiger partial charge on any atom is 0.220 e. The number of aromatic nitrogens is 3. The zero-order valence-corrected chi connectivity index (χ0v) is 9.43. The molecule has 1 N–H and O–H groups in total. The molecule has 0 atom stereocenters. The van der Waals surface area contributed by atoms with E-state index in [0.717, 1.165) is 0 Å². The number of H-pyrrole nitrogens is 1. The third kappa shape index (κ3) is 2.10. The highest BCUT2D eigenvalue weighted by Crippen LogP contribution is 2.23. The van der Waals surface area contributed by atoms with Gasteiger partial charge in [0.25, 0.3) is 0 Å². The number of methoxy groups -OCH3 is 2. The van der Waals surface area contributed by atoms with Gasteiger partial charge in [-0.05, 0) is 6.07 Å². The topological polar surface area (TPSA) is 77.1 Å². The number of hydrogen-bond donors (Lipinski definition) is 1. The molecule has 0 radical (unpaired) electrons. The number of rotatable bonds is 4. The van der Waals surface area contributed by atoms with Crippen LogP contribution in [0.15, 0.2) is 18.3 Å². The standard InChI is InChI=1S/C11H11N3O3/c1-16-9-5-10(17-2)14-11(13-9)7-3-4-12-8(7)6-15/h3-6,12H,1-2H3. The van der Waals surface area contributed by atoms with E-state index in [1.54, 1.807) is 18.3 Å². The normalized spacial score (nSPS) is 10.0. The summed E-state index contributed by atoms with van der Waals surface area (Å²) in [4.78, 5) is 21.9. The van der Waals surface area contributed by atoms with Crippen molar-refractivity contribution < 1.29 is 14.3 Å². The molecule has 0 unspecified atom stereocenters. The molecule has 0 aliphatic heterocycles. The molecule has 0 amide bonds. The van der Waals surface area contributed by atoms with Crippen LogP contribution in [0.25, 0.3) is 11.4 Å². The molecule has 0 aliphatic carbocycles. The first-order valence-corrected chi connectivity index (χ1v) is 4.88. The Labute approximate surface area is 97.6 Å². The highest BCUT2D eigenvalue weighted by atomic mass is 16.5. The quantitative estimate of drug-likeness (QED) is 0.805. The third-order valence-electron chi connectivity index (χ3n) is 2.24. The number of aldehydes is 1. The summed E-state index contributed by atoms with van der Waals surface area (Å²) in [6, 6.07) is 3.29. The zero-order valence-electron chi connectivity index (χ0n) is 9.43. The van der Waals surface area contributed by atoms with Crippen molar-refractivity contribution in [3.05, 3.63) is 24.0 Å². The molecule has 17 heavy (non-hydrogen) atoms. The number of hydrogen-bond acceptors (Lipinski definition) is 5. The molecule has 0 saturated carbocycles. The molecule has 2 aromatic rings. The smallest absolute Gasteiger partial charge is 0.220 e. The van der Waals surface area contributed by atoms with Crippen LogP contribution in [0, 0.1) is 0 Å². The lowest BCUT2D eigenvalue weighted by Crippen LogP contribution is -1.98. The minimum absolute atomic E-state index is 0.379. The fourth-order valence-corrected chi connectivity index (χ4v) is 1.41. The van der Waals surface area contributed by atoms with Gasteiger partial charge in [-0.15, -0.1) is 0 Å². The second-order valence-electron chi connectivity index (χ2n) is 3.20. The van der Waals surface area contributed by atoms with Crippen molar-refractivity contribution >= 4 is 6.29 Å². The molecule has 88 valence electrons. The zero-order chi connectivity index (χ0) is 12.3. The SMILES string of the molecule is COc1cc(OC)nc(-c2cc[nH]c2C=O)n1. The van der Waals surface area contributed by atoms with Crippen molar-refractivity contribution in [1.82, 2.24) is 15.0 Å². The second kappa shape index (κ2) is 4.65. The first kappa shape index (κ1) is 11.1. The first-order chi connectivity index (χ1) is 8.28. The number of nitrogens with one attached hydrogen (secondary N) is 1. The lowest BCUT2D eigenvalue weighted by molar-refractivity contribution is 0.112. The van der Waals surface area contributed by atoms with Crippen molar-refractivity contribution in [1.29, 1.82) is 0 Å². The van der Waals surface area contributed by atoms with Gasteiger partial charge in [-0.25, -0.2) is 0 Å². The lowest BCUT2D eigenvalue weighted by atomic mass is 10.2. The van der Waals surface area contributed by atoms with Crippen LogP contribution in [0.2, 0.25) is 0 Å². The fraction of sp³-hybridized carbons (Fsp3) is 0.182. The molecule has 0 bridgehead atoms. The average molecular weight is 233 g/mol. The summed E-state index contributed by atoms with van der Waals surface area (Å²) < 4.78 is 10.1. The highest BCUT2D eigenvalue weighted by Gasteiger charge is 2.12. The van der Waals surface area contributed by atoms with Gasteiger partial charge in [-0.1, -0.05) is 0 Å². The Morgan fingerprint density at radius 3 is 2.41 bits per heavy atom. The molecule has 0 fully saturated rings. The Bertz CT molecular complexity index is 514. The van der Waals surface area contributed by atoms with Crippen molar-refractivity contribution in [2.75, 3.05) is 14.2 Å². The van der Waals surface area contributed by atoms with Crippen LogP contribution in [0.3, 0.4) is 0 Å². The van der Waals surface area contributed by atoms with Gasteiger partial charge in [-0.3, -0.25) is 4.79 Å². The minimum Gasteiger partial charge on any atom is -0.481 e. The number of ether oxygens (including phenoxy) is 2. The molecule has 2 rings (SSSR count). The highest BCUT2D eigenvalue weighted by molar-refractivity contribution is 5.83. The van der Waals surface area contributed by atoms with Crippen LogP contribution in [0.5, 0.6) is 11.8 Å². The lowest BCUT2D eigenvalue weighted by Gasteiger charge is -2.05. The van der Waals surface area contributed by atoms with E-state index in [0.29, 0.717) is 35.1 Å². The summed E-state index contributed by atoms with van der Waals surface area (Å²) in [5, 5.41) is 0. The van der Waals surface area contributed by atoms with E-state index in [1.807, 2.05) is 0 Å². The van der Waals surface area contributed by atoms with Gasteiger partial charge >= 0.3 is 0 Å². The summed E-state index contributed by atoms with van der Waals surface area (Å²) in [5.74, 6) is 1.14. The van der Waals surface area contributed by atoms with Crippen LogP contribution in [0.4, 0.5) is 0 Å². The van der Waals surface area contributed by atoms with Crippen molar-refractivity contribution in [3.8, 4) is 23.1 Å². The predicted molar refractivity (Wildman–Crippen MR) is 60.3 cm³/mol. The Hall–Kier alpha value is -2.37. The molecule has 0 aromatic carbocycles. The van der Waals surface area contributed by atoms with E-state index in [4.69, 9.17) is 9.47 Å². The van der Waals surface area contributed by atoms with E-state index in [-0.39, 0.29) is 0 Å². The Balaban J connectivity index is 2.54. The monoisotopic (exact) mass is 233 g/mol. The van der Waals surface area contributed by atoms with E-state index in [2.05, 4.69) is 15.0 Å². The van der Waals surface area contributed by atoms with Gasteiger partial charge in [0.05, 0.1) is 26.0 Å². The van der Waals surface area contributed by atoms with Crippen LogP contribution < -0.4 is 9.47 Å². The van der Waals surface area contributed by atoms with Gasteiger partial charge in [-0.2, -0.15) is 9.97 Å². The summed E-state index contributed by atoms with van der Waals surface area (Å²) in [5.41, 5.74) is 1.03. The summed E-state index contributed by atoms with van der Waals surface area (Å²) in [6.07, 6.45) is 2.36. The first-order valence-electron chi connectivity index (χ1n) is 4.88. The Kier molecular flexibility index (Phi) is 3.04. The molecule has 2 aromatic heterocycles. The Morgan fingerprint density at radius 1 is 1.24 bits per heavy atom. The molecule has 0 aliphatic rings. The van der Waals surface area contributed by atoms with Gasteiger partial charge in [0.1, 0.15) is 0 Å². The fourth-order valence-electron chi connectivity index (χ4n) is 1.41. The van der Waals surface area contributed by atoms with Crippen molar-refractivity contribution in [2.24, 2.45) is 0 Å². The minimum atomic E-state index is 0.379. The van der Waals surface area contributed by atoms with E-state index < -0.39 is 0 Å². The number of carbonyl (C=O) groups is 1. The van der Waals surface area contributed by atoms with Crippen LogP contribution in [-0.4, -0.2) is 35.5 Å². The largest absolute Gasteiger partial charge is 0.481 e. The summed E-state index contributed by atoms with van der Waals surface area (Å²) in [6.45, 7) is 0. The molecular formula is C11H11N3O3. The summed E-state index contributed by atoms with van der Waals surface area (Å²) >= 11 is 0. The van der Waals surface area contributed by atoms with E-state index >= 15 is 0 Å². The third-order valence-corrected chi connectivity index (χ3v) is 2.24. The van der Waals surface area contributed by atoms with Crippen molar-refractivity contribution in [3.63, 3.8) is 0 Å². The number of carbonyl (C=O) groups excluding carboxylic acids is 1. The molecule has 0 spiro atoms. The predicted octanol–water partition coefficient (Wildman–Crippen LogP) is 1.30. The maximum atomic E-state index is 10.8. The van der Waals surface area contributed by atoms with E-state index in [9.17, 15) is 4.79 Å². The van der Waals surface area contributed by atoms with E-state index in [1.165, 1.54) is 14.2 Å². The molecule has 0 saturated heterocycles. The molecule has 2 heterocycles. The summed E-state index contributed by atoms with van der Waals surface area (Å²) in [7, 11) is 3.01. The Morgan fingerprint density at radius 2 is 1.88 bits per heavy atom. The van der Waals surface area contributed by atoms with Crippen LogP contribution in [-0.2, 0) is 0 Å². The van der Waals surface area contributed by atoms with Gasteiger partial charge in [0.2, 0.25) is 11.8 Å². The number of aromatic amines is 1. The molecule has 6 nitrogen and oxygen atoms in total. The van der Waals surface area contributed by atoms with Crippen LogP contribution >= 0.6 is 0 Å². The average Bonchev–Trinajstić information content (AvgIpc) is 2.86. The van der Waals surface area contributed by atoms with Crippen LogP contribution in [0.1, 0.15) is 10.5 Å². The van der Waals surface area contributed by atoms with Gasteiger partial charge in [0.15, 0.2) is 12.1 Å². The second-order valence-corrected chi connectivity index (χ2v) is 3.20. The maximum absolute atomic E-state index is 10.8. The molecular weight excluding hydrogens is 222 g/mol. The number of nitrogens with zero attached hydrogens (tertiary/aromatic N) is 2. The molecule has 6 heteroatoms. The van der Waals surface area contributed by atoms with Crippen molar-refractivity contribution in [2.45, 2.75) is 0 Å². The van der Waals surface area contributed by atoms with Gasteiger partial charge in [0, 0.05) is 11.8 Å².